The maximum Gasteiger partial charge on any atom is 0.219 e. The molecule has 0 aromatic rings. The summed E-state index contributed by atoms with van der Waals surface area (Å²) >= 11 is 0. The van der Waals surface area contributed by atoms with E-state index in [1.54, 1.807) is 6.92 Å². The molecule has 0 aromatic heterocycles. The van der Waals surface area contributed by atoms with Gasteiger partial charge in [-0.3, -0.25) is 9.69 Å². The number of carbonyl (C=O) groups is 1. The third-order valence-corrected chi connectivity index (χ3v) is 3.22. The molecule has 0 radical (unpaired) electrons. The molecule has 2 saturated heterocycles. The molecule has 4 heteroatoms. The Bertz CT molecular complexity index is 207. The van der Waals surface area contributed by atoms with Gasteiger partial charge in [0.05, 0.1) is 0 Å². The van der Waals surface area contributed by atoms with Gasteiger partial charge in [-0.15, -0.1) is 0 Å². The minimum absolute atomic E-state index is 0.214. The minimum atomic E-state index is 0.214. The van der Waals surface area contributed by atoms with Crippen molar-refractivity contribution in [2.45, 2.75) is 19.4 Å². The first-order chi connectivity index (χ1) is 6.75. The lowest BCUT2D eigenvalue weighted by Crippen LogP contribution is -2.55. The van der Waals surface area contributed by atoms with E-state index >= 15 is 0 Å². The lowest BCUT2D eigenvalue weighted by molar-refractivity contribution is -0.130. The highest BCUT2D eigenvalue weighted by Gasteiger charge is 2.23. The summed E-state index contributed by atoms with van der Waals surface area (Å²) in [4.78, 5) is 15.5. The monoisotopic (exact) mass is 197 g/mol. The molecule has 80 valence electrons. The van der Waals surface area contributed by atoms with Crippen LogP contribution in [0.15, 0.2) is 0 Å². The first-order valence-electron chi connectivity index (χ1n) is 5.47. The molecule has 2 aliphatic rings. The van der Waals surface area contributed by atoms with Gasteiger partial charge in [0.15, 0.2) is 0 Å². The largest absolute Gasteiger partial charge is 0.340 e. The van der Waals surface area contributed by atoms with Gasteiger partial charge >= 0.3 is 0 Å². The highest BCUT2D eigenvalue weighted by atomic mass is 16.2. The predicted octanol–water partition coefficient (Wildman–Crippen LogP) is -0.488. The number of amides is 1. The Labute approximate surface area is 85.2 Å². The van der Waals surface area contributed by atoms with E-state index in [0.29, 0.717) is 6.04 Å². The van der Waals surface area contributed by atoms with Gasteiger partial charge < -0.3 is 10.2 Å². The van der Waals surface area contributed by atoms with Gasteiger partial charge in [-0.25, -0.2) is 0 Å². The Morgan fingerprint density at radius 2 is 2.00 bits per heavy atom. The number of nitrogens with one attached hydrogen (secondary N) is 1. The smallest absolute Gasteiger partial charge is 0.219 e. The molecule has 4 nitrogen and oxygen atoms in total. The molecule has 0 aliphatic carbocycles. The van der Waals surface area contributed by atoms with Crippen LogP contribution in [0.4, 0.5) is 0 Å². The normalized spacial score (nSPS) is 28.6. The van der Waals surface area contributed by atoms with Crippen LogP contribution in [0.2, 0.25) is 0 Å². The highest BCUT2D eigenvalue weighted by molar-refractivity contribution is 5.73. The van der Waals surface area contributed by atoms with Crippen LogP contribution in [0.1, 0.15) is 13.3 Å². The zero-order valence-corrected chi connectivity index (χ0v) is 8.83. The van der Waals surface area contributed by atoms with Gasteiger partial charge in [0, 0.05) is 45.7 Å². The van der Waals surface area contributed by atoms with E-state index < -0.39 is 0 Å². The van der Waals surface area contributed by atoms with Gasteiger partial charge in [-0.05, 0) is 13.0 Å². The fourth-order valence-electron chi connectivity index (χ4n) is 2.06. The summed E-state index contributed by atoms with van der Waals surface area (Å²) in [5.41, 5.74) is 0. The molecule has 2 rings (SSSR count). The van der Waals surface area contributed by atoms with Crippen LogP contribution < -0.4 is 5.32 Å². The van der Waals surface area contributed by atoms with Crippen LogP contribution >= 0.6 is 0 Å². The van der Waals surface area contributed by atoms with Crippen LogP contribution in [0, 0.1) is 0 Å². The van der Waals surface area contributed by atoms with Crippen LogP contribution in [0.25, 0.3) is 0 Å². The van der Waals surface area contributed by atoms with Crippen molar-refractivity contribution in [1.29, 1.82) is 0 Å². The van der Waals surface area contributed by atoms with Crippen molar-refractivity contribution < 1.29 is 4.79 Å². The average molecular weight is 197 g/mol. The minimum Gasteiger partial charge on any atom is -0.340 e. The molecule has 1 amide bonds. The summed E-state index contributed by atoms with van der Waals surface area (Å²) in [5.74, 6) is 0.214. The predicted molar refractivity (Wildman–Crippen MR) is 55.1 cm³/mol. The molecule has 1 N–H and O–H groups in total. The van der Waals surface area contributed by atoms with Crippen molar-refractivity contribution >= 4 is 5.91 Å². The Morgan fingerprint density at radius 1 is 1.36 bits per heavy atom. The third-order valence-electron chi connectivity index (χ3n) is 3.22. The zero-order chi connectivity index (χ0) is 9.97. The van der Waals surface area contributed by atoms with E-state index in [1.165, 1.54) is 13.0 Å². The number of nitrogens with zero attached hydrogens (tertiary/aromatic N) is 2. The Morgan fingerprint density at radius 3 is 2.43 bits per heavy atom. The molecule has 0 spiro atoms. The molecule has 0 bridgehead atoms. The van der Waals surface area contributed by atoms with E-state index in [4.69, 9.17) is 0 Å². The molecule has 1 atom stereocenters. The summed E-state index contributed by atoms with van der Waals surface area (Å²) in [5, 5.41) is 3.40. The average Bonchev–Trinajstić information content (AvgIpc) is 2.12. The summed E-state index contributed by atoms with van der Waals surface area (Å²) in [6, 6.07) is 0.707. The molecular weight excluding hydrogens is 178 g/mol. The molecule has 0 saturated carbocycles. The van der Waals surface area contributed by atoms with Crippen LogP contribution in [0.5, 0.6) is 0 Å². The van der Waals surface area contributed by atoms with Crippen molar-refractivity contribution in [3.05, 3.63) is 0 Å². The Hall–Kier alpha value is -0.610. The molecule has 2 heterocycles. The van der Waals surface area contributed by atoms with Gasteiger partial charge in [-0.2, -0.15) is 0 Å². The number of piperazine rings is 1. The van der Waals surface area contributed by atoms with Crippen molar-refractivity contribution in [3.63, 3.8) is 0 Å². The molecular formula is C10H19N3O. The van der Waals surface area contributed by atoms with E-state index in [2.05, 4.69) is 10.2 Å². The summed E-state index contributed by atoms with van der Waals surface area (Å²) in [6.07, 6.45) is 1.31. The van der Waals surface area contributed by atoms with Crippen molar-refractivity contribution in [1.82, 2.24) is 15.1 Å². The molecule has 2 aliphatic heterocycles. The summed E-state index contributed by atoms with van der Waals surface area (Å²) in [7, 11) is 0. The van der Waals surface area contributed by atoms with E-state index in [-0.39, 0.29) is 5.91 Å². The molecule has 1 unspecified atom stereocenters. The Balaban J connectivity index is 1.69. The van der Waals surface area contributed by atoms with Crippen LogP contribution in [-0.4, -0.2) is 61.0 Å². The van der Waals surface area contributed by atoms with Gasteiger partial charge in [0.25, 0.3) is 0 Å². The molecule has 14 heavy (non-hydrogen) atoms. The van der Waals surface area contributed by atoms with Gasteiger partial charge in [0.1, 0.15) is 0 Å². The van der Waals surface area contributed by atoms with Crippen LogP contribution in [-0.2, 0) is 4.79 Å². The zero-order valence-electron chi connectivity index (χ0n) is 8.83. The maximum atomic E-state index is 11.1. The lowest BCUT2D eigenvalue weighted by Gasteiger charge is -2.38. The highest BCUT2D eigenvalue weighted by Crippen LogP contribution is 2.07. The topological polar surface area (TPSA) is 35.6 Å². The fraction of sp³-hybridized carbons (Fsp3) is 0.900. The van der Waals surface area contributed by atoms with Gasteiger partial charge in [-0.1, -0.05) is 0 Å². The van der Waals surface area contributed by atoms with Crippen molar-refractivity contribution in [2.24, 2.45) is 0 Å². The first-order valence-corrected chi connectivity index (χ1v) is 5.47. The van der Waals surface area contributed by atoms with E-state index in [1.807, 2.05) is 4.90 Å². The number of hydrogen-bond donors (Lipinski definition) is 1. The maximum absolute atomic E-state index is 11.1. The number of hydrogen-bond acceptors (Lipinski definition) is 3. The standard InChI is InChI=1S/C10H19N3O/c1-9(14)13-6-4-12(5-7-13)8-10-2-3-11-10/h10-11H,2-8H2,1H3. The number of carbonyl (C=O) groups excluding carboxylic acids is 1. The summed E-state index contributed by atoms with van der Waals surface area (Å²) < 4.78 is 0. The molecule has 2 fully saturated rings. The van der Waals surface area contributed by atoms with Gasteiger partial charge in [0.2, 0.25) is 5.91 Å². The SMILES string of the molecule is CC(=O)N1CCN(CC2CCN2)CC1. The second-order valence-electron chi connectivity index (χ2n) is 4.25. The Kier molecular flexibility index (Phi) is 3.03. The second kappa shape index (κ2) is 4.28. The van der Waals surface area contributed by atoms with E-state index in [0.717, 1.165) is 32.7 Å². The van der Waals surface area contributed by atoms with E-state index in [9.17, 15) is 4.79 Å². The summed E-state index contributed by atoms with van der Waals surface area (Å²) in [6.45, 7) is 7.88. The second-order valence-corrected chi connectivity index (χ2v) is 4.25. The van der Waals surface area contributed by atoms with Crippen LogP contribution in [0.3, 0.4) is 0 Å². The quantitative estimate of drug-likeness (QED) is 0.649. The van der Waals surface area contributed by atoms with Crippen molar-refractivity contribution in [2.75, 3.05) is 39.3 Å². The number of rotatable bonds is 2. The molecule has 0 aromatic carbocycles. The fourth-order valence-corrected chi connectivity index (χ4v) is 2.06. The van der Waals surface area contributed by atoms with Crippen molar-refractivity contribution in [3.8, 4) is 0 Å². The third kappa shape index (κ3) is 2.25. The first kappa shape index (κ1) is 9.93. The lowest BCUT2D eigenvalue weighted by atomic mass is 10.1.